The second-order valence-corrected chi connectivity index (χ2v) is 12.1. The van der Waals surface area contributed by atoms with Crippen molar-refractivity contribution in [3.05, 3.63) is 163 Å². The number of aromatic nitrogens is 3. The predicted molar refractivity (Wildman–Crippen MR) is 194 cm³/mol. The summed E-state index contributed by atoms with van der Waals surface area (Å²) in [6.45, 7) is 0. The smallest absolute Gasteiger partial charge is 0.0991 e. The van der Waals surface area contributed by atoms with Gasteiger partial charge < -0.3 is 13.7 Å². The third-order valence-electron chi connectivity index (χ3n) is 9.63. The van der Waals surface area contributed by atoms with Crippen LogP contribution in [0.2, 0.25) is 0 Å². The molecule has 0 spiro atoms. The van der Waals surface area contributed by atoms with E-state index in [1.807, 2.05) is 6.07 Å². The van der Waals surface area contributed by atoms with Crippen molar-refractivity contribution < 1.29 is 0 Å². The van der Waals surface area contributed by atoms with Crippen LogP contribution in [0.4, 0.5) is 0 Å². The lowest BCUT2D eigenvalue weighted by atomic mass is 10.1. The summed E-state index contributed by atoms with van der Waals surface area (Å²) in [6, 6.07) is 58.2. The number of para-hydroxylation sites is 4. The van der Waals surface area contributed by atoms with E-state index < -0.39 is 0 Å². The van der Waals surface area contributed by atoms with E-state index in [2.05, 4.69) is 171 Å². The Bertz CT molecular complexity index is 2900. The molecular weight excluding hydrogens is 573 g/mol. The molecule has 0 aliphatic rings. The van der Waals surface area contributed by atoms with Gasteiger partial charge in [0.1, 0.15) is 0 Å². The Morgan fingerprint density at radius 1 is 0.362 bits per heavy atom. The maximum Gasteiger partial charge on any atom is 0.0991 e. The molecule has 0 bridgehead atoms. The van der Waals surface area contributed by atoms with Gasteiger partial charge >= 0.3 is 0 Å². The number of benzene rings is 7. The molecule has 0 atom stereocenters. The quantitative estimate of drug-likeness (QED) is 0.199. The largest absolute Gasteiger partial charge is 0.309 e. The minimum absolute atomic E-state index is 0.650. The van der Waals surface area contributed by atoms with E-state index in [1.165, 1.54) is 32.6 Å². The molecule has 0 radical (unpaired) electrons. The highest BCUT2D eigenvalue weighted by molar-refractivity contribution is 6.26. The van der Waals surface area contributed by atoms with Gasteiger partial charge in [0, 0.05) is 49.4 Å². The Morgan fingerprint density at radius 3 is 1.62 bits per heavy atom. The summed E-state index contributed by atoms with van der Waals surface area (Å²) in [4.78, 5) is 0. The molecule has 10 rings (SSSR count). The molecule has 0 aliphatic heterocycles. The van der Waals surface area contributed by atoms with E-state index >= 15 is 0 Å². The van der Waals surface area contributed by atoms with Crippen LogP contribution in [0, 0.1) is 11.3 Å². The van der Waals surface area contributed by atoms with Crippen LogP contribution >= 0.6 is 0 Å². The summed E-state index contributed by atoms with van der Waals surface area (Å²) in [5, 5.41) is 17.0. The van der Waals surface area contributed by atoms with Crippen molar-refractivity contribution in [1.29, 1.82) is 5.26 Å². The highest BCUT2D eigenvalue weighted by atomic mass is 15.0. The highest BCUT2D eigenvalue weighted by Crippen LogP contribution is 2.43. The third-order valence-corrected chi connectivity index (χ3v) is 9.63. The van der Waals surface area contributed by atoms with Gasteiger partial charge in [-0.25, -0.2) is 0 Å². The normalized spacial score (nSPS) is 11.8. The first-order valence-corrected chi connectivity index (χ1v) is 15.8. The molecule has 47 heavy (non-hydrogen) atoms. The number of hydrogen-bond acceptors (Lipinski definition) is 1. The fourth-order valence-electron chi connectivity index (χ4n) is 7.71. The average molecular weight is 599 g/mol. The van der Waals surface area contributed by atoms with E-state index in [-0.39, 0.29) is 0 Å². The summed E-state index contributed by atoms with van der Waals surface area (Å²) < 4.78 is 7.10. The van der Waals surface area contributed by atoms with Crippen LogP contribution in [0.25, 0.3) is 82.5 Å². The monoisotopic (exact) mass is 598 g/mol. The molecule has 0 aliphatic carbocycles. The van der Waals surface area contributed by atoms with Crippen LogP contribution in [0.5, 0.6) is 0 Å². The van der Waals surface area contributed by atoms with Crippen molar-refractivity contribution in [3.63, 3.8) is 0 Å². The average Bonchev–Trinajstić information content (AvgIpc) is 3.77. The van der Waals surface area contributed by atoms with Gasteiger partial charge in [0.05, 0.1) is 44.7 Å². The van der Waals surface area contributed by atoms with Crippen LogP contribution in [0.15, 0.2) is 158 Å². The molecular formula is C43H26N4. The molecule has 3 aromatic heterocycles. The Hall–Kier alpha value is -6.57. The van der Waals surface area contributed by atoms with Crippen molar-refractivity contribution in [1.82, 2.24) is 13.7 Å². The Morgan fingerprint density at radius 2 is 0.894 bits per heavy atom. The van der Waals surface area contributed by atoms with Gasteiger partial charge in [-0.05, 0) is 78.9 Å². The summed E-state index contributed by atoms with van der Waals surface area (Å²) in [6.07, 6.45) is 0. The van der Waals surface area contributed by atoms with Crippen molar-refractivity contribution in [2.24, 2.45) is 0 Å². The van der Waals surface area contributed by atoms with Crippen LogP contribution < -0.4 is 0 Å². The molecule has 0 fully saturated rings. The number of fused-ring (bicyclic) bond motifs is 10. The fraction of sp³-hybridized carbons (Fsp3) is 0. The van der Waals surface area contributed by atoms with Crippen molar-refractivity contribution in [2.75, 3.05) is 0 Å². The number of rotatable bonds is 3. The maximum absolute atomic E-state index is 10.0. The van der Waals surface area contributed by atoms with Gasteiger partial charge in [0.2, 0.25) is 0 Å². The third kappa shape index (κ3) is 3.57. The number of hydrogen-bond donors (Lipinski definition) is 0. The zero-order valence-electron chi connectivity index (χ0n) is 25.3. The molecule has 7 aromatic carbocycles. The van der Waals surface area contributed by atoms with Crippen LogP contribution in [0.1, 0.15) is 5.56 Å². The van der Waals surface area contributed by atoms with Crippen molar-refractivity contribution in [3.8, 4) is 23.1 Å². The van der Waals surface area contributed by atoms with E-state index in [0.717, 1.165) is 49.9 Å². The second-order valence-electron chi connectivity index (χ2n) is 12.1. The van der Waals surface area contributed by atoms with E-state index in [0.29, 0.717) is 5.56 Å². The molecule has 10 aromatic rings. The van der Waals surface area contributed by atoms with Crippen molar-refractivity contribution in [2.45, 2.75) is 0 Å². The minimum Gasteiger partial charge on any atom is -0.309 e. The van der Waals surface area contributed by atoms with Crippen LogP contribution in [0.3, 0.4) is 0 Å². The molecule has 0 unspecified atom stereocenters. The van der Waals surface area contributed by atoms with Crippen LogP contribution in [-0.2, 0) is 0 Å². The summed E-state index contributed by atoms with van der Waals surface area (Å²) >= 11 is 0. The first-order valence-electron chi connectivity index (χ1n) is 15.8. The summed E-state index contributed by atoms with van der Waals surface area (Å²) in [5.41, 5.74) is 10.8. The topological polar surface area (TPSA) is 38.6 Å². The summed E-state index contributed by atoms with van der Waals surface area (Å²) in [7, 11) is 0. The molecule has 4 nitrogen and oxygen atoms in total. The molecule has 0 saturated carbocycles. The standard InChI is InChI=1S/C43H26N4/c44-27-28-19-22-40-36(25-28)42-41(24-21-34-32-15-7-10-18-38(32)47(43(34)42)30-13-5-2-6-14-30)46(40)31-20-23-39-35(26-31)33-16-8-9-17-37(33)45(39)29-11-3-1-4-12-29/h1-26H. The first-order chi connectivity index (χ1) is 23.3. The molecule has 4 heteroatoms. The van der Waals surface area contributed by atoms with Gasteiger partial charge in [-0.15, -0.1) is 0 Å². The van der Waals surface area contributed by atoms with E-state index in [1.54, 1.807) is 0 Å². The van der Waals surface area contributed by atoms with Gasteiger partial charge in [0.25, 0.3) is 0 Å². The molecule has 0 N–H and O–H groups in total. The zero-order valence-corrected chi connectivity index (χ0v) is 25.3. The van der Waals surface area contributed by atoms with E-state index in [4.69, 9.17) is 0 Å². The molecule has 0 saturated heterocycles. The lowest BCUT2D eigenvalue weighted by Gasteiger charge is -2.11. The first kappa shape index (κ1) is 25.7. The Balaban J connectivity index is 1.35. The van der Waals surface area contributed by atoms with E-state index in [9.17, 15) is 5.26 Å². The summed E-state index contributed by atoms with van der Waals surface area (Å²) in [5.74, 6) is 0. The maximum atomic E-state index is 10.0. The Kier molecular flexibility index (Phi) is 5.32. The number of nitrogens with zero attached hydrogens (tertiary/aromatic N) is 4. The second kappa shape index (κ2) is 9.71. The molecule has 218 valence electrons. The predicted octanol–water partition coefficient (Wildman–Crippen LogP) is 10.8. The molecule has 0 amide bonds. The fourth-order valence-corrected chi connectivity index (χ4v) is 7.71. The van der Waals surface area contributed by atoms with Gasteiger partial charge in [-0.1, -0.05) is 78.9 Å². The Labute approximate surface area is 270 Å². The zero-order chi connectivity index (χ0) is 31.1. The number of nitriles is 1. The lowest BCUT2D eigenvalue weighted by molar-refractivity contribution is 1.16. The van der Waals surface area contributed by atoms with Crippen molar-refractivity contribution >= 4 is 65.4 Å². The van der Waals surface area contributed by atoms with Gasteiger partial charge in [-0.3, -0.25) is 0 Å². The molecule has 3 heterocycles. The highest BCUT2D eigenvalue weighted by Gasteiger charge is 2.22. The van der Waals surface area contributed by atoms with Gasteiger partial charge in [0.15, 0.2) is 0 Å². The van der Waals surface area contributed by atoms with Gasteiger partial charge in [-0.2, -0.15) is 5.26 Å². The lowest BCUT2D eigenvalue weighted by Crippen LogP contribution is -1.96. The van der Waals surface area contributed by atoms with Crippen LogP contribution in [-0.4, -0.2) is 13.7 Å². The minimum atomic E-state index is 0.650. The SMILES string of the molecule is N#Cc1ccc2c(c1)c1c(ccc3c4ccccc4n(-c4ccccc4)c31)n2-c1ccc2c(c1)c1ccccc1n2-c1ccccc1.